The lowest BCUT2D eigenvalue weighted by Gasteiger charge is -2.10. The molecule has 0 atom stereocenters. The summed E-state index contributed by atoms with van der Waals surface area (Å²) in [5.74, 6) is -0.217. The van der Waals surface area contributed by atoms with E-state index in [1.165, 1.54) is 12.1 Å². The maximum Gasteiger partial charge on any atom is 0.234 e. The van der Waals surface area contributed by atoms with E-state index in [4.69, 9.17) is 21.6 Å². The number of nitrogens with one attached hydrogen (secondary N) is 1. The van der Waals surface area contributed by atoms with E-state index in [2.05, 4.69) is 5.32 Å². The summed E-state index contributed by atoms with van der Waals surface area (Å²) in [6, 6.07) is 13.3. The Morgan fingerprint density at radius 3 is 2.83 bits per heavy atom. The van der Waals surface area contributed by atoms with Crippen LogP contribution in [-0.2, 0) is 17.9 Å². The third-order valence-corrected chi connectivity index (χ3v) is 3.43. The van der Waals surface area contributed by atoms with Gasteiger partial charge in [0.1, 0.15) is 24.6 Å². The molecule has 0 saturated carbocycles. The molecule has 0 aromatic heterocycles. The Kier molecular flexibility index (Phi) is 5.95. The molecule has 0 radical (unpaired) electrons. The highest BCUT2D eigenvalue weighted by atomic mass is 35.5. The molecule has 23 heavy (non-hydrogen) atoms. The van der Waals surface area contributed by atoms with Crippen LogP contribution in [0.2, 0.25) is 5.02 Å². The summed E-state index contributed by atoms with van der Waals surface area (Å²) in [6.45, 7) is 0.300. The number of amides is 1. The van der Waals surface area contributed by atoms with Crippen molar-refractivity contribution in [3.05, 3.63) is 64.4 Å². The fourth-order valence-corrected chi connectivity index (χ4v) is 2.12. The zero-order valence-corrected chi connectivity index (χ0v) is 12.9. The molecule has 2 aromatic rings. The second kappa shape index (κ2) is 8.16. The van der Waals surface area contributed by atoms with Crippen molar-refractivity contribution in [2.45, 2.75) is 19.6 Å². The maximum atomic E-state index is 13.7. The lowest BCUT2D eigenvalue weighted by atomic mass is 10.2. The minimum absolute atomic E-state index is 0.00967. The predicted octanol–water partition coefficient (Wildman–Crippen LogP) is 3.59. The second-order valence-corrected chi connectivity index (χ2v) is 5.16. The third kappa shape index (κ3) is 4.97. The molecule has 0 heterocycles. The van der Waals surface area contributed by atoms with Crippen LogP contribution in [0.25, 0.3) is 0 Å². The molecule has 2 rings (SSSR count). The molecule has 0 saturated heterocycles. The standard InChI is InChI=1S/C17H14ClFN2O2/c18-15-5-2-6-16(19)14(15)11-23-13-4-1-3-12(9-13)10-21-17(22)7-8-20/h1-6,9H,7,10-11H2,(H,21,22). The van der Waals surface area contributed by atoms with E-state index in [9.17, 15) is 9.18 Å². The molecule has 118 valence electrons. The van der Waals surface area contributed by atoms with E-state index in [0.717, 1.165) is 5.56 Å². The Morgan fingerprint density at radius 2 is 2.09 bits per heavy atom. The van der Waals surface area contributed by atoms with Crippen LogP contribution in [0.3, 0.4) is 0 Å². The van der Waals surface area contributed by atoms with E-state index >= 15 is 0 Å². The van der Waals surface area contributed by atoms with E-state index in [0.29, 0.717) is 16.3 Å². The first-order valence-electron chi connectivity index (χ1n) is 6.88. The molecule has 0 fully saturated rings. The highest BCUT2D eigenvalue weighted by molar-refractivity contribution is 6.31. The highest BCUT2D eigenvalue weighted by Gasteiger charge is 2.08. The molecule has 0 unspecified atom stereocenters. The van der Waals surface area contributed by atoms with Crippen LogP contribution >= 0.6 is 11.6 Å². The van der Waals surface area contributed by atoms with Crippen LogP contribution in [-0.4, -0.2) is 5.91 Å². The SMILES string of the molecule is N#CCC(=O)NCc1cccc(OCc2c(F)cccc2Cl)c1. The van der Waals surface area contributed by atoms with Crippen molar-refractivity contribution in [2.24, 2.45) is 0 Å². The number of nitrogens with zero attached hydrogens (tertiary/aromatic N) is 1. The zero-order valence-electron chi connectivity index (χ0n) is 12.2. The molecule has 0 aliphatic carbocycles. The molecule has 4 nitrogen and oxygen atoms in total. The molecule has 0 aliphatic rings. The van der Waals surface area contributed by atoms with Crippen LogP contribution in [0.15, 0.2) is 42.5 Å². The second-order valence-electron chi connectivity index (χ2n) is 4.75. The topological polar surface area (TPSA) is 62.1 Å². The van der Waals surface area contributed by atoms with Crippen molar-refractivity contribution in [2.75, 3.05) is 0 Å². The van der Waals surface area contributed by atoms with Gasteiger partial charge in [0.15, 0.2) is 0 Å². The number of carbonyl (C=O) groups is 1. The Labute approximate surface area is 138 Å². The third-order valence-electron chi connectivity index (χ3n) is 3.07. The van der Waals surface area contributed by atoms with Gasteiger partial charge in [-0.15, -0.1) is 0 Å². The molecule has 2 aromatic carbocycles. The summed E-state index contributed by atoms with van der Waals surface area (Å²) >= 11 is 5.95. The van der Waals surface area contributed by atoms with Crippen molar-refractivity contribution in [1.82, 2.24) is 5.32 Å². The van der Waals surface area contributed by atoms with Gasteiger partial charge in [0.05, 0.1) is 11.1 Å². The maximum absolute atomic E-state index is 13.7. The number of hydrogen-bond acceptors (Lipinski definition) is 3. The summed E-state index contributed by atoms with van der Waals surface area (Å²) < 4.78 is 19.2. The summed E-state index contributed by atoms with van der Waals surface area (Å²) in [6.07, 6.45) is -0.179. The molecule has 1 N–H and O–H groups in total. The van der Waals surface area contributed by atoms with Gasteiger partial charge in [-0.25, -0.2) is 4.39 Å². The number of ether oxygens (including phenoxy) is 1. The highest BCUT2D eigenvalue weighted by Crippen LogP contribution is 2.22. The first-order valence-corrected chi connectivity index (χ1v) is 7.26. The number of nitriles is 1. The fourth-order valence-electron chi connectivity index (χ4n) is 1.91. The lowest BCUT2D eigenvalue weighted by Crippen LogP contribution is -2.21. The molecule has 1 amide bonds. The number of hydrogen-bond donors (Lipinski definition) is 1. The van der Waals surface area contributed by atoms with Crippen LogP contribution in [0.4, 0.5) is 4.39 Å². The molecule has 0 aliphatic heterocycles. The van der Waals surface area contributed by atoms with Gasteiger partial charge in [-0.1, -0.05) is 29.8 Å². The van der Waals surface area contributed by atoms with E-state index < -0.39 is 5.82 Å². The Hall–Kier alpha value is -2.58. The van der Waals surface area contributed by atoms with E-state index in [-0.39, 0.29) is 25.5 Å². The molecule has 0 spiro atoms. The quantitative estimate of drug-likeness (QED) is 0.879. The van der Waals surface area contributed by atoms with Gasteiger partial charge >= 0.3 is 0 Å². The van der Waals surface area contributed by atoms with Crippen LogP contribution < -0.4 is 10.1 Å². The largest absolute Gasteiger partial charge is 0.489 e. The first kappa shape index (κ1) is 16.8. The Morgan fingerprint density at radius 1 is 1.30 bits per heavy atom. The van der Waals surface area contributed by atoms with Gasteiger partial charge in [0.2, 0.25) is 5.91 Å². The van der Waals surface area contributed by atoms with Crippen LogP contribution in [0.1, 0.15) is 17.5 Å². The average molecular weight is 333 g/mol. The number of rotatable bonds is 6. The Balaban J connectivity index is 1.98. The monoisotopic (exact) mass is 332 g/mol. The minimum atomic E-state index is -0.419. The minimum Gasteiger partial charge on any atom is -0.489 e. The predicted molar refractivity (Wildman–Crippen MR) is 84.3 cm³/mol. The summed E-state index contributed by atoms with van der Waals surface area (Å²) in [5, 5.41) is 11.4. The summed E-state index contributed by atoms with van der Waals surface area (Å²) in [4.78, 5) is 11.3. The fraction of sp³-hybridized carbons (Fsp3) is 0.176. The lowest BCUT2D eigenvalue weighted by molar-refractivity contribution is -0.120. The number of halogens is 2. The van der Waals surface area contributed by atoms with Gasteiger partial charge in [0, 0.05) is 12.1 Å². The van der Waals surface area contributed by atoms with Gasteiger partial charge in [-0.3, -0.25) is 4.79 Å². The van der Waals surface area contributed by atoms with Crippen molar-refractivity contribution < 1.29 is 13.9 Å². The van der Waals surface area contributed by atoms with Gasteiger partial charge in [0.25, 0.3) is 0 Å². The van der Waals surface area contributed by atoms with Crippen molar-refractivity contribution in [3.63, 3.8) is 0 Å². The van der Waals surface area contributed by atoms with Gasteiger partial charge < -0.3 is 10.1 Å². The van der Waals surface area contributed by atoms with Crippen LogP contribution in [0.5, 0.6) is 5.75 Å². The average Bonchev–Trinajstić information content (AvgIpc) is 2.53. The molecule has 6 heteroatoms. The van der Waals surface area contributed by atoms with Crippen LogP contribution in [0, 0.1) is 17.1 Å². The Bertz CT molecular complexity index is 723. The van der Waals surface area contributed by atoms with Gasteiger partial charge in [-0.2, -0.15) is 5.26 Å². The molecular weight excluding hydrogens is 319 g/mol. The number of carbonyl (C=O) groups excluding carboxylic acids is 1. The smallest absolute Gasteiger partial charge is 0.234 e. The van der Waals surface area contributed by atoms with Crippen molar-refractivity contribution >= 4 is 17.5 Å². The van der Waals surface area contributed by atoms with Crippen molar-refractivity contribution in [3.8, 4) is 11.8 Å². The first-order chi connectivity index (χ1) is 11.1. The summed E-state index contributed by atoms with van der Waals surface area (Å²) in [7, 11) is 0. The number of benzene rings is 2. The van der Waals surface area contributed by atoms with Gasteiger partial charge in [-0.05, 0) is 29.8 Å². The normalized spacial score (nSPS) is 9.96. The molecule has 0 bridgehead atoms. The van der Waals surface area contributed by atoms with E-state index in [1.54, 1.807) is 30.3 Å². The zero-order chi connectivity index (χ0) is 16.7. The summed E-state index contributed by atoms with van der Waals surface area (Å²) in [5.41, 5.74) is 1.11. The molecular formula is C17H14ClFN2O2. The van der Waals surface area contributed by atoms with Crippen molar-refractivity contribution in [1.29, 1.82) is 5.26 Å². The van der Waals surface area contributed by atoms with E-state index in [1.807, 2.05) is 6.07 Å².